The van der Waals surface area contributed by atoms with E-state index < -0.39 is 0 Å². The number of carbonyl (C=O) groups is 1. The van der Waals surface area contributed by atoms with E-state index in [0.717, 1.165) is 12.8 Å². The lowest BCUT2D eigenvalue weighted by atomic mass is 9.93. The molecule has 0 aliphatic carbocycles. The van der Waals surface area contributed by atoms with Crippen LogP contribution in [0.3, 0.4) is 0 Å². The van der Waals surface area contributed by atoms with Crippen molar-refractivity contribution in [3.05, 3.63) is 34.2 Å². The third-order valence-electron chi connectivity index (χ3n) is 4.33. The average molecular weight is 301 g/mol. The van der Waals surface area contributed by atoms with Crippen LogP contribution in [0, 0.1) is 0 Å². The van der Waals surface area contributed by atoms with Crippen molar-refractivity contribution in [1.29, 1.82) is 0 Å². The number of nitrogen functional groups attached to an aromatic ring is 2. The van der Waals surface area contributed by atoms with Gasteiger partial charge in [0.05, 0.1) is 16.8 Å². The zero-order valence-electron chi connectivity index (χ0n) is 12.5. The Morgan fingerprint density at radius 1 is 1.27 bits per heavy atom. The van der Waals surface area contributed by atoms with Crippen molar-refractivity contribution in [2.75, 3.05) is 24.6 Å². The minimum Gasteiger partial charge on any atom is -0.458 e. The van der Waals surface area contributed by atoms with Gasteiger partial charge < -0.3 is 20.8 Å². The largest absolute Gasteiger partial charge is 0.458 e. The van der Waals surface area contributed by atoms with Crippen molar-refractivity contribution in [2.24, 2.45) is 0 Å². The molecule has 1 fully saturated rings. The number of carbonyl (C=O) groups excluding carboxylic acids is 1. The predicted octanol–water partition coefficient (Wildman–Crippen LogP) is 1.68. The van der Waals surface area contributed by atoms with Crippen LogP contribution >= 0.6 is 0 Å². The van der Waals surface area contributed by atoms with Gasteiger partial charge in [0.15, 0.2) is 11.0 Å². The number of hydrogen-bond acceptors (Lipinski definition) is 5. The second-order valence-corrected chi connectivity index (χ2v) is 5.74. The quantitative estimate of drug-likeness (QED) is 0.780. The number of fused-ring (bicyclic) bond motifs is 1. The Balaban J connectivity index is 1.97. The van der Waals surface area contributed by atoms with E-state index in [1.165, 1.54) is 6.07 Å². The summed E-state index contributed by atoms with van der Waals surface area (Å²) < 4.78 is 5.88. The van der Waals surface area contributed by atoms with E-state index in [-0.39, 0.29) is 17.3 Å². The number of hydrogen-bond donors (Lipinski definition) is 2. The van der Waals surface area contributed by atoms with Crippen molar-refractivity contribution < 1.29 is 9.21 Å². The molecule has 6 heteroatoms. The van der Waals surface area contributed by atoms with Gasteiger partial charge in [-0.2, -0.15) is 0 Å². The molecule has 0 atom stereocenters. The second kappa shape index (κ2) is 5.36. The van der Waals surface area contributed by atoms with Crippen molar-refractivity contribution in [3.63, 3.8) is 0 Å². The molecule has 0 unspecified atom stereocenters. The molecule has 1 aromatic carbocycles. The molecule has 1 aromatic heterocycles. The molecule has 2 aromatic rings. The van der Waals surface area contributed by atoms with Crippen molar-refractivity contribution in [3.8, 4) is 0 Å². The Hall–Kier alpha value is -2.50. The van der Waals surface area contributed by atoms with Crippen LogP contribution in [0.25, 0.3) is 11.0 Å². The summed E-state index contributed by atoms with van der Waals surface area (Å²) in [6.07, 6.45) is 1.55. The standard InChI is InChI=1S/C16H19N3O3/c1-9(20)19-6-4-10(5-7-19)14-8-13(21)11-2-3-12(17)15(18)16(11)22-14/h2-3,8,10H,4-7,17-18H2,1H3. The van der Waals surface area contributed by atoms with E-state index in [4.69, 9.17) is 15.9 Å². The Morgan fingerprint density at radius 2 is 1.95 bits per heavy atom. The molecule has 1 amide bonds. The van der Waals surface area contributed by atoms with E-state index in [1.54, 1.807) is 19.1 Å². The van der Waals surface area contributed by atoms with E-state index in [1.807, 2.05) is 4.90 Å². The molecule has 2 heterocycles. The molecule has 0 saturated carbocycles. The smallest absolute Gasteiger partial charge is 0.219 e. The zero-order chi connectivity index (χ0) is 15.9. The number of likely N-dealkylation sites (tertiary alicyclic amines) is 1. The van der Waals surface area contributed by atoms with Crippen LogP contribution in [0.2, 0.25) is 0 Å². The van der Waals surface area contributed by atoms with Gasteiger partial charge >= 0.3 is 0 Å². The second-order valence-electron chi connectivity index (χ2n) is 5.74. The molecule has 0 bridgehead atoms. The Kier molecular flexibility index (Phi) is 3.52. The fraction of sp³-hybridized carbons (Fsp3) is 0.375. The van der Waals surface area contributed by atoms with Gasteiger partial charge in [0.25, 0.3) is 0 Å². The fourth-order valence-corrected chi connectivity index (χ4v) is 2.95. The van der Waals surface area contributed by atoms with Crippen LogP contribution in [0.1, 0.15) is 31.4 Å². The number of rotatable bonds is 1. The number of benzene rings is 1. The SMILES string of the molecule is CC(=O)N1CCC(c2cc(=O)c3ccc(N)c(N)c3o2)CC1. The summed E-state index contributed by atoms with van der Waals surface area (Å²) in [5.41, 5.74) is 12.7. The number of anilines is 2. The van der Waals surface area contributed by atoms with Gasteiger partial charge in [0.1, 0.15) is 5.76 Å². The van der Waals surface area contributed by atoms with Gasteiger partial charge in [-0.05, 0) is 25.0 Å². The van der Waals surface area contributed by atoms with Crippen LogP contribution < -0.4 is 16.9 Å². The normalized spacial score (nSPS) is 16.1. The summed E-state index contributed by atoms with van der Waals surface area (Å²) >= 11 is 0. The first-order valence-corrected chi connectivity index (χ1v) is 7.34. The van der Waals surface area contributed by atoms with E-state index in [2.05, 4.69) is 0 Å². The molecule has 1 aliphatic rings. The lowest BCUT2D eigenvalue weighted by Gasteiger charge is -2.30. The number of piperidine rings is 1. The maximum atomic E-state index is 12.3. The minimum atomic E-state index is -0.114. The molecule has 0 spiro atoms. The van der Waals surface area contributed by atoms with Crippen LogP contribution in [-0.4, -0.2) is 23.9 Å². The Morgan fingerprint density at radius 3 is 2.59 bits per heavy atom. The molecule has 22 heavy (non-hydrogen) atoms. The number of nitrogens with zero attached hydrogens (tertiary/aromatic N) is 1. The van der Waals surface area contributed by atoms with Crippen LogP contribution in [0.5, 0.6) is 0 Å². The number of nitrogens with two attached hydrogens (primary N) is 2. The maximum absolute atomic E-state index is 12.3. The maximum Gasteiger partial charge on any atom is 0.219 e. The molecule has 116 valence electrons. The van der Waals surface area contributed by atoms with Crippen LogP contribution in [0.4, 0.5) is 11.4 Å². The van der Waals surface area contributed by atoms with Gasteiger partial charge in [-0.3, -0.25) is 9.59 Å². The molecule has 3 rings (SSSR count). The fourth-order valence-electron chi connectivity index (χ4n) is 2.95. The first-order chi connectivity index (χ1) is 10.5. The summed E-state index contributed by atoms with van der Waals surface area (Å²) in [5.74, 6) is 0.821. The highest BCUT2D eigenvalue weighted by molar-refractivity contribution is 5.93. The molecular weight excluding hydrogens is 282 g/mol. The van der Waals surface area contributed by atoms with Crippen LogP contribution in [-0.2, 0) is 4.79 Å². The average Bonchev–Trinajstić information content (AvgIpc) is 2.51. The van der Waals surface area contributed by atoms with Gasteiger partial charge in [-0.1, -0.05) is 0 Å². The molecule has 1 saturated heterocycles. The lowest BCUT2D eigenvalue weighted by molar-refractivity contribution is -0.129. The highest BCUT2D eigenvalue weighted by Gasteiger charge is 2.24. The summed E-state index contributed by atoms with van der Waals surface area (Å²) in [6.45, 7) is 2.92. The molecule has 6 nitrogen and oxygen atoms in total. The van der Waals surface area contributed by atoms with E-state index >= 15 is 0 Å². The molecule has 1 aliphatic heterocycles. The lowest BCUT2D eigenvalue weighted by Crippen LogP contribution is -2.36. The summed E-state index contributed by atoms with van der Waals surface area (Å²) in [6, 6.07) is 4.78. The first kappa shape index (κ1) is 14.4. The van der Waals surface area contributed by atoms with E-state index in [9.17, 15) is 9.59 Å². The summed E-state index contributed by atoms with van der Waals surface area (Å²) in [7, 11) is 0. The van der Waals surface area contributed by atoms with Crippen LogP contribution in [0.15, 0.2) is 27.4 Å². The third-order valence-corrected chi connectivity index (χ3v) is 4.33. The van der Waals surface area contributed by atoms with Crippen molar-refractivity contribution in [2.45, 2.75) is 25.7 Å². The number of amides is 1. The first-order valence-electron chi connectivity index (χ1n) is 7.34. The van der Waals surface area contributed by atoms with Gasteiger partial charge in [-0.15, -0.1) is 0 Å². The van der Waals surface area contributed by atoms with Crippen molar-refractivity contribution in [1.82, 2.24) is 4.90 Å². The third kappa shape index (κ3) is 2.41. The summed E-state index contributed by atoms with van der Waals surface area (Å²) in [4.78, 5) is 25.4. The zero-order valence-corrected chi connectivity index (χ0v) is 12.5. The Bertz CT molecular complexity index is 789. The Labute approximate surface area is 127 Å². The van der Waals surface area contributed by atoms with E-state index in [0.29, 0.717) is 41.2 Å². The van der Waals surface area contributed by atoms with Crippen molar-refractivity contribution >= 4 is 28.3 Å². The molecule has 0 radical (unpaired) electrons. The molecular formula is C16H19N3O3. The molecule has 4 N–H and O–H groups in total. The monoisotopic (exact) mass is 301 g/mol. The van der Waals surface area contributed by atoms with Gasteiger partial charge in [-0.25, -0.2) is 0 Å². The predicted molar refractivity (Wildman–Crippen MR) is 85.5 cm³/mol. The minimum absolute atomic E-state index is 0.0791. The highest BCUT2D eigenvalue weighted by Crippen LogP contribution is 2.32. The van der Waals surface area contributed by atoms with Gasteiger partial charge in [0, 0.05) is 32.0 Å². The highest BCUT2D eigenvalue weighted by atomic mass is 16.3. The topological polar surface area (TPSA) is 103 Å². The van der Waals surface area contributed by atoms with Gasteiger partial charge in [0.2, 0.25) is 5.91 Å². The summed E-state index contributed by atoms with van der Waals surface area (Å²) in [5, 5.41) is 0.441.